The Bertz CT molecular complexity index is 578. The molecule has 1 aliphatic rings. The van der Waals surface area contributed by atoms with Crippen LogP contribution in [0.25, 0.3) is 0 Å². The largest absolute Gasteiger partial charge is 0.494 e. The van der Waals surface area contributed by atoms with Crippen molar-refractivity contribution in [2.45, 2.75) is 39.3 Å². The lowest BCUT2D eigenvalue weighted by Crippen LogP contribution is -2.56. The fourth-order valence-electron chi connectivity index (χ4n) is 3.12. The molecule has 128 valence electrons. The molecule has 1 amide bonds. The molecule has 23 heavy (non-hydrogen) atoms. The number of ether oxygens (including phenoxy) is 1. The third-order valence-electron chi connectivity index (χ3n) is 4.45. The lowest BCUT2D eigenvalue weighted by Gasteiger charge is -2.43. The number of carbonyl (C=O) groups is 1. The second kappa shape index (κ2) is 7.25. The van der Waals surface area contributed by atoms with Gasteiger partial charge in [-0.2, -0.15) is 4.39 Å². The smallest absolute Gasteiger partial charge is 0.257 e. The molecule has 0 N–H and O–H groups in total. The summed E-state index contributed by atoms with van der Waals surface area (Å²) in [6, 6.07) is 3.20. The van der Waals surface area contributed by atoms with Crippen LogP contribution < -0.4 is 4.74 Å². The zero-order valence-electron chi connectivity index (χ0n) is 14.1. The van der Waals surface area contributed by atoms with Gasteiger partial charge in [0.05, 0.1) is 12.7 Å². The second-order valence-corrected chi connectivity index (χ2v) is 6.09. The van der Waals surface area contributed by atoms with Crippen LogP contribution in [0.15, 0.2) is 12.1 Å². The molecule has 0 spiro atoms. The van der Waals surface area contributed by atoms with Crippen LogP contribution in [-0.4, -0.2) is 54.5 Å². The van der Waals surface area contributed by atoms with Crippen molar-refractivity contribution in [3.8, 4) is 5.75 Å². The molecule has 1 unspecified atom stereocenters. The average Bonchev–Trinajstić information content (AvgIpc) is 2.55. The van der Waals surface area contributed by atoms with E-state index in [2.05, 4.69) is 25.7 Å². The molecular formula is C17H24F2N2O2. The van der Waals surface area contributed by atoms with E-state index in [9.17, 15) is 13.6 Å². The first-order chi connectivity index (χ1) is 10.9. The normalized spacial score (nSPS) is 19.3. The topological polar surface area (TPSA) is 32.8 Å². The van der Waals surface area contributed by atoms with E-state index in [1.807, 2.05) is 0 Å². The predicted octanol–water partition coefficient (Wildman–Crippen LogP) is 2.92. The molecule has 0 aliphatic carbocycles. The third kappa shape index (κ3) is 3.47. The van der Waals surface area contributed by atoms with Gasteiger partial charge in [-0.25, -0.2) is 4.39 Å². The molecule has 1 fully saturated rings. The minimum absolute atomic E-state index is 0.199. The number of piperazine rings is 1. The van der Waals surface area contributed by atoms with Gasteiger partial charge in [-0.3, -0.25) is 9.69 Å². The molecule has 2 rings (SSSR count). The van der Waals surface area contributed by atoms with Gasteiger partial charge in [0.25, 0.3) is 5.91 Å². The summed E-state index contributed by atoms with van der Waals surface area (Å²) in [5.41, 5.74) is -0.240. The van der Waals surface area contributed by atoms with Crippen molar-refractivity contribution in [2.24, 2.45) is 0 Å². The van der Waals surface area contributed by atoms with Crippen molar-refractivity contribution >= 4 is 5.91 Å². The molecular weight excluding hydrogens is 302 g/mol. The Hall–Kier alpha value is -1.69. The summed E-state index contributed by atoms with van der Waals surface area (Å²) in [5.74, 6) is -2.93. The fraction of sp³-hybridized carbons (Fsp3) is 0.588. The second-order valence-electron chi connectivity index (χ2n) is 6.09. The molecule has 4 nitrogen and oxygen atoms in total. The maximum Gasteiger partial charge on any atom is 0.257 e. The van der Waals surface area contributed by atoms with Crippen LogP contribution in [-0.2, 0) is 0 Å². The fourth-order valence-corrected chi connectivity index (χ4v) is 3.12. The van der Waals surface area contributed by atoms with E-state index in [1.54, 1.807) is 4.90 Å². The first kappa shape index (κ1) is 17.7. The molecule has 1 saturated heterocycles. The molecule has 0 radical (unpaired) electrons. The van der Waals surface area contributed by atoms with Crippen LogP contribution in [0.5, 0.6) is 5.75 Å². The van der Waals surface area contributed by atoms with Gasteiger partial charge in [0.15, 0.2) is 11.6 Å². The van der Waals surface area contributed by atoms with Crippen molar-refractivity contribution < 1.29 is 18.3 Å². The molecule has 1 heterocycles. The van der Waals surface area contributed by atoms with Crippen LogP contribution in [0.1, 0.15) is 37.6 Å². The lowest BCUT2D eigenvalue weighted by atomic mass is 10.1. The number of nitrogens with zero attached hydrogens (tertiary/aromatic N) is 2. The zero-order valence-corrected chi connectivity index (χ0v) is 14.1. The zero-order chi connectivity index (χ0) is 17.1. The number of carbonyl (C=O) groups excluding carboxylic acids is 1. The summed E-state index contributed by atoms with van der Waals surface area (Å²) in [7, 11) is 1.26. The molecule has 0 aromatic heterocycles. The number of rotatable bonds is 4. The van der Waals surface area contributed by atoms with Crippen molar-refractivity contribution in [3.63, 3.8) is 0 Å². The van der Waals surface area contributed by atoms with E-state index in [0.29, 0.717) is 19.1 Å². The van der Waals surface area contributed by atoms with Gasteiger partial charge in [-0.05, 0) is 32.4 Å². The quantitative estimate of drug-likeness (QED) is 0.853. The van der Waals surface area contributed by atoms with E-state index in [0.717, 1.165) is 13.0 Å². The lowest BCUT2D eigenvalue weighted by molar-refractivity contribution is 0.0367. The summed E-state index contributed by atoms with van der Waals surface area (Å²) < 4.78 is 32.7. The standard InChI is InChI=1S/C17H24F2N2O2/c1-5-12-10-20(8-9-21(12)11(2)3)17(22)13-6-7-14(23-4)16(19)15(13)18/h6-7,11-12H,5,8-10H2,1-4H3. The minimum atomic E-state index is -1.14. The summed E-state index contributed by atoms with van der Waals surface area (Å²) in [6.45, 7) is 8.10. The predicted molar refractivity (Wildman–Crippen MR) is 84.7 cm³/mol. The third-order valence-corrected chi connectivity index (χ3v) is 4.45. The molecule has 1 aliphatic heterocycles. The Morgan fingerprint density at radius 3 is 2.57 bits per heavy atom. The molecule has 1 atom stereocenters. The van der Waals surface area contributed by atoms with Gasteiger partial charge in [-0.15, -0.1) is 0 Å². The molecule has 0 bridgehead atoms. The van der Waals surface area contributed by atoms with Crippen molar-refractivity contribution in [3.05, 3.63) is 29.3 Å². The Morgan fingerprint density at radius 1 is 1.30 bits per heavy atom. The van der Waals surface area contributed by atoms with Crippen molar-refractivity contribution in [1.82, 2.24) is 9.80 Å². The van der Waals surface area contributed by atoms with Gasteiger partial charge < -0.3 is 9.64 Å². The Kier molecular flexibility index (Phi) is 5.57. The van der Waals surface area contributed by atoms with E-state index < -0.39 is 17.5 Å². The Balaban J connectivity index is 2.20. The van der Waals surface area contributed by atoms with E-state index in [4.69, 9.17) is 4.74 Å². The molecule has 1 aromatic rings. The van der Waals surface area contributed by atoms with Gasteiger partial charge >= 0.3 is 0 Å². The maximum atomic E-state index is 14.1. The highest BCUT2D eigenvalue weighted by atomic mass is 19.2. The highest BCUT2D eigenvalue weighted by Crippen LogP contribution is 2.24. The molecule has 1 aromatic carbocycles. The van der Waals surface area contributed by atoms with Crippen LogP contribution in [0.3, 0.4) is 0 Å². The average molecular weight is 326 g/mol. The number of methoxy groups -OCH3 is 1. The Labute approximate surface area is 136 Å². The number of benzene rings is 1. The van der Waals surface area contributed by atoms with Gasteiger partial charge in [0, 0.05) is 31.7 Å². The van der Waals surface area contributed by atoms with Gasteiger partial charge in [0.1, 0.15) is 0 Å². The van der Waals surface area contributed by atoms with Crippen LogP contribution in [0.2, 0.25) is 0 Å². The summed E-state index contributed by atoms with van der Waals surface area (Å²) >= 11 is 0. The van der Waals surface area contributed by atoms with Crippen molar-refractivity contribution in [2.75, 3.05) is 26.7 Å². The summed E-state index contributed by atoms with van der Waals surface area (Å²) in [4.78, 5) is 16.5. The van der Waals surface area contributed by atoms with E-state index in [1.165, 1.54) is 19.2 Å². The first-order valence-corrected chi connectivity index (χ1v) is 7.97. The number of amides is 1. The summed E-state index contributed by atoms with van der Waals surface area (Å²) in [5, 5.41) is 0. The van der Waals surface area contributed by atoms with Crippen LogP contribution in [0.4, 0.5) is 8.78 Å². The van der Waals surface area contributed by atoms with Crippen LogP contribution >= 0.6 is 0 Å². The maximum absolute atomic E-state index is 14.1. The van der Waals surface area contributed by atoms with Gasteiger partial charge in [-0.1, -0.05) is 6.92 Å². The van der Waals surface area contributed by atoms with Crippen molar-refractivity contribution in [1.29, 1.82) is 0 Å². The van der Waals surface area contributed by atoms with E-state index in [-0.39, 0.29) is 17.4 Å². The number of hydrogen-bond donors (Lipinski definition) is 0. The Morgan fingerprint density at radius 2 is 2.00 bits per heavy atom. The first-order valence-electron chi connectivity index (χ1n) is 7.97. The highest BCUT2D eigenvalue weighted by molar-refractivity contribution is 5.94. The monoisotopic (exact) mass is 326 g/mol. The molecule has 6 heteroatoms. The molecule has 0 saturated carbocycles. The van der Waals surface area contributed by atoms with Crippen LogP contribution in [0, 0.1) is 11.6 Å². The summed E-state index contributed by atoms with van der Waals surface area (Å²) in [6.07, 6.45) is 0.904. The van der Waals surface area contributed by atoms with Gasteiger partial charge in [0.2, 0.25) is 5.82 Å². The number of halogens is 2. The number of hydrogen-bond acceptors (Lipinski definition) is 3. The highest BCUT2D eigenvalue weighted by Gasteiger charge is 2.32. The minimum Gasteiger partial charge on any atom is -0.494 e. The van der Waals surface area contributed by atoms with E-state index >= 15 is 0 Å². The SMILES string of the molecule is CCC1CN(C(=O)c2ccc(OC)c(F)c2F)CCN1C(C)C.